The summed E-state index contributed by atoms with van der Waals surface area (Å²) >= 11 is 0. The van der Waals surface area contributed by atoms with Crippen LogP contribution in [0.15, 0.2) is 4.99 Å². The van der Waals surface area contributed by atoms with E-state index < -0.39 is 5.41 Å². The number of carbonyl (C=O) groups excluding carboxylic acids is 1. The highest BCUT2D eigenvalue weighted by molar-refractivity contribution is 5.83. The molecule has 0 aromatic carbocycles. The summed E-state index contributed by atoms with van der Waals surface area (Å²) in [6, 6.07) is 0.597. The number of likely N-dealkylation sites (tertiary alicyclic amines) is 1. The average molecular weight is 340 g/mol. The summed E-state index contributed by atoms with van der Waals surface area (Å²) in [6.07, 6.45) is 2.53. The van der Waals surface area contributed by atoms with Gasteiger partial charge in [0.2, 0.25) is 5.91 Å². The van der Waals surface area contributed by atoms with Gasteiger partial charge in [-0.1, -0.05) is 6.92 Å². The van der Waals surface area contributed by atoms with Gasteiger partial charge in [0.15, 0.2) is 5.96 Å². The van der Waals surface area contributed by atoms with Crippen molar-refractivity contribution < 1.29 is 4.79 Å². The quantitative estimate of drug-likeness (QED) is 0.520. The maximum absolute atomic E-state index is 12.1. The van der Waals surface area contributed by atoms with Crippen molar-refractivity contribution in [2.45, 2.75) is 53.5 Å². The third-order valence-electron chi connectivity index (χ3n) is 4.66. The first-order valence-electron chi connectivity index (χ1n) is 9.37. The van der Waals surface area contributed by atoms with Gasteiger partial charge >= 0.3 is 0 Å². The molecule has 0 aliphatic carbocycles. The van der Waals surface area contributed by atoms with Gasteiger partial charge in [-0.3, -0.25) is 14.7 Å². The molecule has 1 unspecified atom stereocenters. The van der Waals surface area contributed by atoms with E-state index in [1.165, 1.54) is 19.4 Å². The zero-order chi connectivity index (χ0) is 18.2. The van der Waals surface area contributed by atoms with Crippen LogP contribution in [0.1, 0.15) is 47.5 Å². The van der Waals surface area contributed by atoms with Crippen LogP contribution in [-0.4, -0.2) is 74.0 Å². The number of hydrogen-bond acceptors (Lipinski definition) is 3. The topological polar surface area (TPSA) is 60.0 Å². The van der Waals surface area contributed by atoms with Crippen LogP contribution in [0.4, 0.5) is 0 Å². The van der Waals surface area contributed by atoms with Crippen molar-refractivity contribution in [3.05, 3.63) is 0 Å². The normalized spacial score (nSPS) is 19.4. The summed E-state index contributed by atoms with van der Waals surface area (Å²) in [7, 11) is 2.09. The second-order valence-corrected chi connectivity index (χ2v) is 7.22. The number of aliphatic imine (C=N–C) groups is 1. The smallest absolute Gasteiger partial charge is 0.227 e. The molecule has 1 amide bonds. The van der Waals surface area contributed by atoms with Crippen molar-refractivity contribution in [1.29, 1.82) is 0 Å². The molecule has 1 aliphatic heterocycles. The third-order valence-corrected chi connectivity index (χ3v) is 4.66. The Hall–Kier alpha value is -1.30. The van der Waals surface area contributed by atoms with Crippen molar-refractivity contribution in [1.82, 2.24) is 20.4 Å². The van der Waals surface area contributed by atoms with Crippen molar-refractivity contribution in [3.63, 3.8) is 0 Å². The molecule has 24 heavy (non-hydrogen) atoms. The number of amides is 1. The fourth-order valence-corrected chi connectivity index (χ4v) is 3.13. The molecule has 0 aromatic heterocycles. The molecule has 0 radical (unpaired) electrons. The Labute approximate surface area is 148 Å². The average Bonchev–Trinajstić information content (AvgIpc) is 2.98. The lowest BCUT2D eigenvalue weighted by Crippen LogP contribution is -2.46. The van der Waals surface area contributed by atoms with Crippen LogP contribution in [0.2, 0.25) is 0 Å². The van der Waals surface area contributed by atoms with Crippen molar-refractivity contribution >= 4 is 11.9 Å². The van der Waals surface area contributed by atoms with Crippen molar-refractivity contribution in [2.75, 3.05) is 46.3 Å². The second kappa shape index (κ2) is 9.87. The molecule has 1 heterocycles. The van der Waals surface area contributed by atoms with Gasteiger partial charge in [0.1, 0.15) is 0 Å². The molecule has 1 fully saturated rings. The van der Waals surface area contributed by atoms with Crippen molar-refractivity contribution in [3.8, 4) is 0 Å². The van der Waals surface area contributed by atoms with Crippen LogP contribution in [0.25, 0.3) is 0 Å². The van der Waals surface area contributed by atoms with Gasteiger partial charge in [-0.15, -0.1) is 0 Å². The minimum absolute atomic E-state index is 0.0557. The predicted molar refractivity (Wildman–Crippen MR) is 101 cm³/mol. The summed E-state index contributed by atoms with van der Waals surface area (Å²) in [4.78, 5) is 21.6. The Kier molecular flexibility index (Phi) is 8.53. The lowest BCUT2D eigenvalue weighted by Gasteiger charge is -2.30. The molecular formula is C18H37N5O. The predicted octanol–water partition coefficient (Wildman–Crippen LogP) is 1.53. The van der Waals surface area contributed by atoms with E-state index in [9.17, 15) is 4.79 Å². The fourth-order valence-electron chi connectivity index (χ4n) is 3.13. The number of nitrogens with one attached hydrogen (secondary N) is 2. The van der Waals surface area contributed by atoms with Crippen LogP contribution in [0.3, 0.4) is 0 Å². The molecule has 2 N–H and O–H groups in total. The Bertz CT molecular complexity index is 422. The largest absolute Gasteiger partial charge is 0.357 e. The molecular weight excluding hydrogens is 302 g/mol. The minimum atomic E-state index is -0.500. The first-order chi connectivity index (χ1) is 11.4. The molecule has 1 atom stereocenters. The van der Waals surface area contributed by atoms with E-state index in [1.54, 1.807) is 0 Å². The zero-order valence-electron chi connectivity index (χ0n) is 16.5. The van der Waals surface area contributed by atoms with Crippen LogP contribution in [0, 0.1) is 5.41 Å². The van der Waals surface area contributed by atoms with Gasteiger partial charge in [-0.05, 0) is 53.6 Å². The van der Waals surface area contributed by atoms with Gasteiger partial charge in [0, 0.05) is 32.7 Å². The van der Waals surface area contributed by atoms with Gasteiger partial charge in [-0.2, -0.15) is 0 Å². The molecule has 1 saturated heterocycles. The third kappa shape index (κ3) is 5.96. The molecule has 1 rings (SSSR count). The lowest BCUT2D eigenvalue weighted by molar-refractivity contribution is -0.128. The van der Waals surface area contributed by atoms with Crippen molar-refractivity contribution in [2.24, 2.45) is 10.4 Å². The Morgan fingerprint density at radius 1 is 1.25 bits per heavy atom. The van der Waals surface area contributed by atoms with Gasteiger partial charge < -0.3 is 15.5 Å². The lowest BCUT2D eigenvalue weighted by atomic mass is 9.92. The van der Waals surface area contributed by atoms with E-state index >= 15 is 0 Å². The summed E-state index contributed by atoms with van der Waals surface area (Å²) in [5, 5.41) is 6.25. The van der Waals surface area contributed by atoms with E-state index in [0.29, 0.717) is 19.1 Å². The van der Waals surface area contributed by atoms with Crippen LogP contribution >= 0.6 is 0 Å². The van der Waals surface area contributed by atoms with E-state index in [0.717, 1.165) is 25.6 Å². The number of guanidine groups is 1. The molecule has 140 valence electrons. The molecule has 0 aromatic rings. The SMILES string of the molecule is CCNC(=O)C(C)(C)CN=C(NCC)N(C)CC1CCCN1CC. The van der Waals surface area contributed by atoms with E-state index in [-0.39, 0.29) is 5.91 Å². The van der Waals surface area contributed by atoms with Gasteiger partial charge in [0.05, 0.1) is 12.0 Å². The first kappa shape index (κ1) is 20.7. The van der Waals surface area contributed by atoms with Gasteiger partial charge in [0.25, 0.3) is 0 Å². The van der Waals surface area contributed by atoms with Crippen LogP contribution in [0.5, 0.6) is 0 Å². The number of nitrogens with zero attached hydrogens (tertiary/aromatic N) is 3. The summed E-state index contributed by atoms with van der Waals surface area (Å²) in [6.45, 7) is 15.4. The number of rotatable bonds is 8. The molecule has 0 bridgehead atoms. The molecule has 0 saturated carbocycles. The van der Waals surface area contributed by atoms with Gasteiger partial charge in [-0.25, -0.2) is 0 Å². The molecule has 6 nitrogen and oxygen atoms in total. The maximum Gasteiger partial charge on any atom is 0.227 e. The van der Waals surface area contributed by atoms with E-state index in [4.69, 9.17) is 4.99 Å². The highest BCUT2D eigenvalue weighted by Gasteiger charge is 2.28. The number of likely N-dealkylation sites (N-methyl/N-ethyl adjacent to an activating group) is 2. The molecule has 0 spiro atoms. The van der Waals surface area contributed by atoms with Crippen LogP contribution in [-0.2, 0) is 4.79 Å². The number of carbonyl (C=O) groups is 1. The highest BCUT2D eigenvalue weighted by atomic mass is 16.2. The zero-order valence-corrected chi connectivity index (χ0v) is 16.5. The minimum Gasteiger partial charge on any atom is -0.357 e. The Morgan fingerprint density at radius 2 is 1.92 bits per heavy atom. The Morgan fingerprint density at radius 3 is 2.50 bits per heavy atom. The highest BCUT2D eigenvalue weighted by Crippen LogP contribution is 2.18. The first-order valence-corrected chi connectivity index (χ1v) is 9.37. The Balaban J connectivity index is 2.71. The van der Waals surface area contributed by atoms with E-state index in [1.807, 2.05) is 20.8 Å². The number of hydrogen-bond donors (Lipinski definition) is 2. The summed E-state index contributed by atoms with van der Waals surface area (Å²) < 4.78 is 0. The monoisotopic (exact) mass is 339 g/mol. The molecule has 6 heteroatoms. The van der Waals surface area contributed by atoms with E-state index in [2.05, 4.69) is 41.3 Å². The standard InChI is InChI=1S/C18H37N5O/c1-7-19-16(24)18(4,5)14-21-17(20-8-2)22(6)13-15-11-10-12-23(15)9-3/h15H,7-14H2,1-6H3,(H,19,24)(H,20,21). The second-order valence-electron chi connectivity index (χ2n) is 7.22. The fraction of sp³-hybridized carbons (Fsp3) is 0.889. The summed E-state index contributed by atoms with van der Waals surface area (Å²) in [5.74, 6) is 0.943. The molecule has 1 aliphatic rings. The summed E-state index contributed by atoms with van der Waals surface area (Å²) in [5.41, 5.74) is -0.500. The maximum atomic E-state index is 12.1. The van der Waals surface area contributed by atoms with Crippen LogP contribution < -0.4 is 10.6 Å².